The fourth-order valence-corrected chi connectivity index (χ4v) is 3.19. The number of aromatic nitrogens is 1. The summed E-state index contributed by atoms with van der Waals surface area (Å²) in [6.45, 7) is 1.34. The molecule has 158 valence electrons. The summed E-state index contributed by atoms with van der Waals surface area (Å²) in [5.41, 5.74) is 2.44. The lowest BCUT2D eigenvalue weighted by Crippen LogP contribution is -2.11. The van der Waals surface area contributed by atoms with Crippen LogP contribution in [0, 0.1) is 0 Å². The molecule has 0 bridgehead atoms. The number of carbonyl (C=O) groups is 1. The molecule has 31 heavy (non-hydrogen) atoms. The van der Waals surface area contributed by atoms with Gasteiger partial charge >= 0.3 is 0 Å². The molecule has 0 aliphatic rings. The Morgan fingerprint density at radius 1 is 0.935 bits per heavy atom. The SMILES string of the molecule is CP(O)O.O=C(Nc1nccs1)c1cc(Oc2ccccc2)cc(-c2ccccc2)c1. The van der Waals surface area contributed by atoms with Gasteiger partial charge in [-0.15, -0.1) is 11.3 Å². The number of para-hydroxylation sites is 1. The molecule has 0 unspecified atom stereocenters. The van der Waals surface area contributed by atoms with Gasteiger partial charge in [-0.05, 0) is 41.5 Å². The van der Waals surface area contributed by atoms with E-state index in [-0.39, 0.29) is 5.91 Å². The summed E-state index contributed by atoms with van der Waals surface area (Å²) >= 11 is 1.38. The first kappa shape index (κ1) is 22.6. The number of ether oxygens (including phenoxy) is 1. The first-order valence-corrected chi connectivity index (χ1v) is 11.8. The molecule has 0 atom stereocenters. The number of anilines is 1. The van der Waals surface area contributed by atoms with Crippen molar-refractivity contribution in [1.82, 2.24) is 4.98 Å². The maximum Gasteiger partial charge on any atom is 0.257 e. The zero-order valence-corrected chi connectivity index (χ0v) is 18.4. The number of nitrogens with one attached hydrogen (secondary N) is 1. The molecule has 4 rings (SSSR count). The summed E-state index contributed by atoms with van der Waals surface area (Å²) in [7, 11) is -1.62. The van der Waals surface area contributed by atoms with Crippen LogP contribution >= 0.6 is 19.7 Å². The molecule has 1 heterocycles. The predicted molar refractivity (Wildman–Crippen MR) is 126 cm³/mol. The van der Waals surface area contributed by atoms with Crippen molar-refractivity contribution in [2.45, 2.75) is 0 Å². The number of thiazole rings is 1. The Kier molecular flexibility index (Phi) is 8.27. The van der Waals surface area contributed by atoms with Gasteiger partial charge in [0.1, 0.15) is 11.5 Å². The van der Waals surface area contributed by atoms with E-state index in [4.69, 9.17) is 14.5 Å². The van der Waals surface area contributed by atoms with Gasteiger partial charge in [0.2, 0.25) is 0 Å². The molecule has 0 saturated carbocycles. The second-order valence-corrected chi connectivity index (χ2v) is 8.18. The highest BCUT2D eigenvalue weighted by atomic mass is 32.1. The molecule has 0 fully saturated rings. The van der Waals surface area contributed by atoms with Crippen LogP contribution < -0.4 is 10.1 Å². The maximum atomic E-state index is 12.7. The molecular formula is C23H21N2O4PS. The fraction of sp³-hybridized carbons (Fsp3) is 0.0435. The van der Waals surface area contributed by atoms with Crippen LogP contribution in [0.5, 0.6) is 11.5 Å². The third-order valence-corrected chi connectivity index (χ3v) is 4.60. The van der Waals surface area contributed by atoms with E-state index in [0.29, 0.717) is 22.2 Å². The van der Waals surface area contributed by atoms with Gasteiger partial charge < -0.3 is 14.5 Å². The van der Waals surface area contributed by atoms with Crippen molar-refractivity contribution in [2.75, 3.05) is 12.0 Å². The van der Waals surface area contributed by atoms with E-state index in [1.165, 1.54) is 18.0 Å². The first-order valence-electron chi connectivity index (χ1n) is 9.27. The minimum absolute atomic E-state index is 0.222. The van der Waals surface area contributed by atoms with Gasteiger partial charge in [-0.1, -0.05) is 48.5 Å². The topological polar surface area (TPSA) is 91.7 Å². The Hall–Kier alpha value is -3.09. The van der Waals surface area contributed by atoms with E-state index in [1.807, 2.05) is 78.2 Å². The van der Waals surface area contributed by atoms with Crippen molar-refractivity contribution in [3.05, 3.63) is 96.0 Å². The van der Waals surface area contributed by atoms with E-state index in [9.17, 15) is 4.79 Å². The second kappa shape index (κ2) is 11.3. The summed E-state index contributed by atoms with van der Waals surface area (Å²) in [5.74, 6) is 1.10. The predicted octanol–water partition coefficient (Wildman–Crippen LogP) is 5.77. The van der Waals surface area contributed by atoms with Crippen molar-refractivity contribution in [2.24, 2.45) is 0 Å². The fourth-order valence-electron chi connectivity index (χ4n) is 2.67. The molecule has 8 heteroatoms. The Bertz CT molecular complexity index is 1090. The van der Waals surface area contributed by atoms with E-state index in [1.54, 1.807) is 12.3 Å². The number of rotatable bonds is 5. The minimum atomic E-state index is -1.62. The van der Waals surface area contributed by atoms with Crippen LogP contribution in [0.25, 0.3) is 11.1 Å². The van der Waals surface area contributed by atoms with Crippen LogP contribution in [0.1, 0.15) is 10.4 Å². The average molecular weight is 452 g/mol. The normalized spacial score (nSPS) is 10.2. The molecule has 0 spiro atoms. The van der Waals surface area contributed by atoms with Crippen molar-refractivity contribution < 1.29 is 19.3 Å². The molecule has 0 aliphatic heterocycles. The van der Waals surface area contributed by atoms with Crippen LogP contribution in [-0.4, -0.2) is 27.3 Å². The van der Waals surface area contributed by atoms with Crippen LogP contribution in [-0.2, 0) is 0 Å². The van der Waals surface area contributed by atoms with Crippen LogP contribution in [0.2, 0.25) is 0 Å². The molecule has 1 aromatic heterocycles. The van der Waals surface area contributed by atoms with Crippen LogP contribution in [0.4, 0.5) is 5.13 Å². The van der Waals surface area contributed by atoms with Gasteiger partial charge in [-0.25, -0.2) is 4.98 Å². The highest BCUT2D eigenvalue weighted by Crippen LogP contribution is 2.29. The second-order valence-electron chi connectivity index (χ2n) is 6.31. The Balaban J connectivity index is 0.000000628. The quantitative estimate of drug-likeness (QED) is 0.335. The lowest BCUT2D eigenvalue weighted by Gasteiger charge is -2.11. The Labute approximate surface area is 185 Å². The van der Waals surface area contributed by atoms with Gasteiger partial charge in [0.25, 0.3) is 5.91 Å². The van der Waals surface area contributed by atoms with Gasteiger partial charge in [-0.3, -0.25) is 10.1 Å². The Morgan fingerprint density at radius 2 is 1.58 bits per heavy atom. The number of hydrogen-bond acceptors (Lipinski definition) is 6. The smallest absolute Gasteiger partial charge is 0.257 e. The zero-order valence-electron chi connectivity index (χ0n) is 16.7. The van der Waals surface area contributed by atoms with Gasteiger partial charge in [-0.2, -0.15) is 0 Å². The molecule has 0 aliphatic carbocycles. The zero-order chi connectivity index (χ0) is 22.1. The van der Waals surface area contributed by atoms with E-state index >= 15 is 0 Å². The summed E-state index contributed by atoms with van der Waals surface area (Å²) in [6, 6.07) is 24.9. The summed E-state index contributed by atoms with van der Waals surface area (Å²) < 4.78 is 5.97. The largest absolute Gasteiger partial charge is 0.457 e. The summed E-state index contributed by atoms with van der Waals surface area (Å²) in [4.78, 5) is 32.2. The highest BCUT2D eigenvalue weighted by Gasteiger charge is 2.12. The molecule has 4 aromatic rings. The molecular weight excluding hydrogens is 431 g/mol. The number of hydrogen-bond donors (Lipinski definition) is 3. The van der Waals surface area contributed by atoms with Crippen molar-refractivity contribution in [3.8, 4) is 22.6 Å². The van der Waals surface area contributed by atoms with Crippen molar-refractivity contribution >= 4 is 30.8 Å². The lowest BCUT2D eigenvalue weighted by molar-refractivity contribution is 0.102. The monoisotopic (exact) mass is 452 g/mol. The lowest BCUT2D eigenvalue weighted by atomic mass is 10.0. The number of carbonyl (C=O) groups excluding carboxylic acids is 1. The molecule has 6 nitrogen and oxygen atoms in total. The molecule has 0 saturated heterocycles. The van der Waals surface area contributed by atoms with E-state index in [0.717, 1.165) is 11.1 Å². The van der Waals surface area contributed by atoms with Gasteiger partial charge in [0.05, 0.1) is 0 Å². The van der Waals surface area contributed by atoms with E-state index < -0.39 is 8.38 Å². The molecule has 3 aromatic carbocycles. The van der Waals surface area contributed by atoms with Crippen LogP contribution in [0.3, 0.4) is 0 Å². The van der Waals surface area contributed by atoms with Gasteiger partial charge in [0.15, 0.2) is 13.5 Å². The van der Waals surface area contributed by atoms with Crippen molar-refractivity contribution in [3.63, 3.8) is 0 Å². The Morgan fingerprint density at radius 3 is 2.19 bits per heavy atom. The number of nitrogens with zero attached hydrogens (tertiary/aromatic N) is 1. The number of benzene rings is 3. The molecule has 3 N–H and O–H groups in total. The van der Waals surface area contributed by atoms with E-state index in [2.05, 4.69) is 10.3 Å². The average Bonchev–Trinajstić information content (AvgIpc) is 3.27. The highest BCUT2D eigenvalue weighted by molar-refractivity contribution is 7.44. The van der Waals surface area contributed by atoms with Crippen LogP contribution in [0.15, 0.2) is 90.4 Å². The third kappa shape index (κ3) is 7.27. The first-order chi connectivity index (χ1) is 15.0. The summed E-state index contributed by atoms with van der Waals surface area (Å²) in [6.07, 6.45) is 1.66. The van der Waals surface area contributed by atoms with Crippen molar-refractivity contribution in [1.29, 1.82) is 0 Å². The van der Waals surface area contributed by atoms with Gasteiger partial charge in [0, 0.05) is 23.8 Å². The summed E-state index contributed by atoms with van der Waals surface area (Å²) in [5, 5.41) is 5.21. The molecule has 0 radical (unpaired) electrons. The standard InChI is InChI=1S/C22H16N2O2S.CH5O2P/c25-21(24-22-23-11-12-27-22)18-13-17(16-7-3-1-4-8-16)14-20(15-18)26-19-9-5-2-6-10-19;1-4(2)3/h1-15H,(H,23,24,25);2-3H,1H3. The third-order valence-electron chi connectivity index (χ3n) is 3.91. The molecule has 1 amide bonds. The maximum absolute atomic E-state index is 12.7. The number of amides is 1. The minimum Gasteiger partial charge on any atom is -0.457 e.